The molecule has 0 fully saturated rings. The van der Waals surface area contributed by atoms with E-state index in [1.165, 1.54) is 11.3 Å². The lowest BCUT2D eigenvalue weighted by molar-refractivity contribution is -0.117. The van der Waals surface area contributed by atoms with Crippen molar-refractivity contribution in [2.45, 2.75) is 23.4 Å². The van der Waals surface area contributed by atoms with Crippen molar-refractivity contribution in [1.29, 1.82) is 0 Å². The number of thioether (sulfide) groups is 1. The standard InChI is InChI=1S/C14H15BrN2O2S2/c1-8-12(6-13(16)18)21-14(17-8)20-7-9-5-10(15)3-4-11(9)19-2/h3-5H,6-7H2,1-2H3,(H2,16,18). The summed E-state index contributed by atoms with van der Waals surface area (Å²) in [6.45, 7) is 1.90. The van der Waals surface area contributed by atoms with Crippen LogP contribution in [0.4, 0.5) is 0 Å². The summed E-state index contributed by atoms with van der Waals surface area (Å²) in [5.41, 5.74) is 7.21. The van der Waals surface area contributed by atoms with E-state index in [-0.39, 0.29) is 12.3 Å². The third-order valence-electron chi connectivity index (χ3n) is 2.80. The van der Waals surface area contributed by atoms with Gasteiger partial charge in [-0.3, -0.25) is 4.79 Å². The molecule has 0 bridgehead atoms. The van der Waals surface area contributed by atoms with Gasteiger partial charge in [0.25, 0.3) is 0 Å². The first kappa shape index (κ1) is 16.3. The summed E-state index contributed by atoms with van der Waals surface area (Å²) in [6.07, 6.45) is 0.254. The minimum atomic E-state index is -0.327. The lowest BCUT2D eigenvalue weighted by Gasteiger charge is -2.07. The van der Waals surface area contributed by atoms with Crippen molar-refractivity contribution in [2.75, 3.05) is 7.11 Å². The van der Waals surface area contributed by atoms with Gasteiger partial charge in [0.05, 0.1) is 19.2 Å². The highest BCUT2D eigenvalue weighted by atomic mass is 79.9. The van der Waals surface area contributed by atoms with Crippen molar-refractivity contribution in [2.24, 2.45) is 5.73 Å². The number of carbonyl (C=O) groups is 1. The number of halogens is 1. The number of thiazole rings is 1. The summed E-state index contributed by atoms with van der Waals surface area (Å²) >= 11 is 6.62. The Morgan fingerprint density at radius 2 is 2.29 bits per heavy atom. The molecule has 0 saturated carbocycles. The SMILES string of the molecule is COc1ccc(Br)cc1CSc1nc(C)c(CC(N)=O)s1. The maximum Gasteiger partial charge on any atom is 0.222 e. The number of methoxy groups -OCH3 is 1. The molecule has 1 amide bonds. The number of aryl methyl sites for hydroxylation is 1. The maximum atomic E-state index is 11.0. The topological polar surface area (TPSA) is 65.2 Å². The highest BCUT2D eigenvalue weighted by Crippen LogP contribution is 2.33. The van der Waals surface area contributed by atoms with Crippen LogP contribution >= 0.6 is 39.0 Å². The Kier molecular flexibility index (Phi) is 5.66. The number of nitrogens with two attached hydrogens (primary N) is 1. The number of nitrogens with zero attached hydrogens (tertiary/aromatic N) is 1. The number of amides is 1. The van der Waals surface area contributed by atoms with Crippen LogP contribution in [0.1, 0.15) is 16.1 Å². The Balaban J connectivity index is 2.10. The number of carbonyl (C=O) groups excluding carboxylic acids is 1. The summed E-state index contributed by atoms with van der Waals surface area (Å²) in [5, 5.41) is 0. The molecule has 1 aromatic heterocycles. The molecule has 0 unspecified atom stereocenters. The Morgan fingerprint density at radius 1 is 1.52 bits per heavy atom. The molecule has 0 atom stereocenters. The average molecular weight is 387 g/mol. The second-order valence-corrected chi connectivity index (χ2v) is 7.60. The number of hydrogen-bond acceptors (Lipinski definition) is 5. The Hall–Kier alpha value is -1.05. The second-order valence-electron chi connectivity index (χ2n) is 4.38. The molecule has 1 heterocycles. The fourth-order valence-corrected chi connectivity index (χ4v) is 4.41. The van der Waals surface area contributed by atoms with E-state index in [4.69, 9.17) is 10.5 Å². The summed E-state index contributed by atoms with van der Waals surface area (Å²) in [4.78, 5) is 16.4. The largest absolute Gasteiger partial charge is 0.496 e. The van der Waals surface area contributed by atoms with Crippen LogP contribution in [0.25, 0.3) is 0 Å². The quantitative estimate of drug-likeness (QED) is 0.770. The van der Waals surface area contributed by atoms with Crippen LogP contribution in [0.15, 0.2) is 27.0 Å². The van der Waals surface area contributed by atoms with E-state index in [1.807, 2.05) is 25.1 Å². The Morgan fingerprint density at radius 3 is 2.95 bits per heavy atom. The lowest BCUT2D eigenvalue weighted by Crippen LogP contribution is -2.13. The molecule has 2 N–H and O–H groups in total. The van der Waals surface area contributed by atoms with Crippen molar-refractivity contribution >= 4 is 44.9 Å². The number of rotatable bonds is 6. The molecule has 112 valence electrons. The molecule has 4 nitrogen and oxygen atoms in total. The monoisotopic (exact) mass is 386 g/mol. The number of hydrogen-bond donors (Lipinski definition) is 1. The van der Waals surface area contributed by atoms with Crippen molar-refractivity contribution in [3.05, 3.63) is 38.8 Å². The highest BCUT2D eigenvalue weighted by molar-refractivity contribution is 9.10. The van der Waals surface area contributed by atoms with E-state index in [0.29, 0.717) is 0 Å². The van der Waals surface area contributed by atoms with E-state index < -0.39 is 0 Å². The first-order valence-corrected chi connectivity index (χ1v) is 8.79. The summed E-state index contributed by atoms with van der Waals surface area (Å²) in [6, 6.07) is 5.92. The fraction of sp³-hybridized carbons (Fsp3) is 0.286. The molecule has 21 heavy (non-hydrogen) atoms. The molecule has 0 saturated heterocycles. The van der Waals surface area contributed by atoms with E-state index >= 15 is 0 Å². The second kappa shape index (κ2) is 7.29. The lowest BCUT2D eigenvalue weighted by atomic mass is 10.2. The average Bonchev–Trinajstić information content (AvgIpc) is 2.76. The number of primary amides is 1. The van der Waals surface area contributed by atoms with Crippen LogP contribution < -0.4 is 10.5 Å². The molecule has 0 aliphatic rings. The molecule has 0 spiro atoms. The maximum absolute atomic E-state index is 11.0. The van der Waals surface area contributed by atoms with E-state index in [9.17, 15) is 4.79 Å². The van der Waals surface area contributed by atoms with E-state index in [0.717, 1.165) is 36.4 Å². The molecular formula is C14H15BrN2O2S2. The van der Waals surface area contributed by atoms with Gasteiger partial charge in [-0.1, -0.05) is 27.7 Å². The Labute approximate surface area is 140 Å². The van der Waals surface area contributed by atoms with Gasteiger partial charge in [-0.2, -0.15) is 0 Å². The molecule has 2 rings (SSSR count). The van der Waals surface area contributed by atoms with Crippen LogP contribution in [-0.4, -0.2) is 18.0 Å². The summed E-state index contributed by atoms with van der Waals surface area (Å²) in [5.74, 6) is 1.29. The van der Waals surface area contributed by atoms with Crippen molar-refractivity contribution in [3.8, 4) is 5.75 Å². The Bertz CT molecular complexity index is 658. The number of ether oxygens (including phenoxy) is 1. The normalized spacial score (nSPS) is 10.6. The predicted octanol–water partition coefficient (Wildman–Crippen LogP) is 3.54. The molecular weight excluding hydrogens is 372 g/mol. The van der Waals surface area contributed by atoms with Gasteiger partial charge in [-0.05, 0) is 25.1 Å². The molecule has 0 aliphatic carbocycles. The van der Waals surface area contributed by atoms with Crippen molar-refractivity contribution in [1.82, 2.24) is 4.98 Å². The van der Waals surface area contributed by atoms with Crippen molar-refractivity contribution < 1.29 is 9.53 Å². The highest BCUT2D eigenvalue weighted by Gasteiger charge is 2.12. The van der Waals surface area contributed by atoms with Gasteiger partial charge < -0.3 is 10.5 Å². The van der Waals surface area contributed by atoms with Crippen LogP contribution in [0, 0.1) is 6.92 Å². The van der Waals surface area contributed by atoms with Crippen LogP contribution in [0.5, 0.6) is 5.75 Å². The van der Waals surface area contributed by atoms with Gasteiger partial charge in [0, 0.05) is 20.7 Å². The number of aromatic nitrogens is 1. The van der Waals surface area contributed by atoms with Gasteiger partial charge in [-0.15, -0.1) is 11.3 Å². The molecule has 0 radical (unpaired) electrons. The zero-order valence-corrected chi connectivity index (χ0v) is 14.9. The third-order valence-corrected chi connectivity index (χ3v) is 5.64. The predicted molar refractivity (Wildman–Crippen MR) is 90.0 cm³/mol. The fourth-order valence-electron chi connectivity index (χ4n) is 1.78. The molecule has 7 heteroatoms. The van der Waals surface area contributed by atoms with Gasteiger partial charge in [0.15, 0.2) is 4.34 Å². The molecule has 0 aliphatic heterocycles. The third kappa shape index (κ3) is 4.46. The smallest absolute Gasteiger partial charge is 0.222 e. The summed E-state index contributed by atoms with van der Waals surface area (Å²) in [7, 11) is 1.66. The zero-order chi connectivity index (χ0) is 15.4. The van der Waals surface area contributed by atoms with E-state index in [1.54, 1.807) is 18.9 Å². The van der Waals surface area contributed by atoms with Crippen molar-refractivity contribution in [3.63, 3.8) is 0 Å². The molecule has 2 aromatic rings. The van der Waals surface area contributed by atoms with E-state index in [2.05, 4.69) is 20.9 Å². The first-order valence-electron chi connectivity index (χ1n) is 6.19. The van der Waals surface area contributed by atoms with Crippen LogP contribution in [-0.2, 0) is 17.0 Å². The molecule has 1 aromatic carbocycles. The minimum absolute atomic E-state index is 0.254. The zero-order valence-electron chi connectivity index (χ0n) is 11.7. The first-order chi connectivity index (χ1) is 9.99. The number of benzene rings is 1. The van der Waals surface area contributed by atoms with Gasteiger partial charge in [0.2, 0.25) is 5.91 Å². The van der Waals surface area contributed by atoms with Gasteiger partial charge >= 0.3 is 0 Å². The van der Waals surface area contributed by atoms with Crippen LogP contribution in [0.3, 0.4) is 0 Å². The minimum Gasteiger partial charge on any atom is -0.496 e. The van der Waals surface area contributed by atoms with Crippen LogP contribution in [0.2, 0.25) is 0 Å². The van der Waals surface area contributed by atoms with Gasteiger partial charge in [0.1, 0.15) is 5.75 Å². The van der Waals surface area contributed by atoms with Gasteiger partial charge in [-0.25, -0.2) is 4.98 Å². The summed E-state index contributed by atoms with van der Waals surface area (Å²) < 4.78 is 7.31.